The van der Waals surface area contributed by atoms with E-state index in [0.717, 1.165) is 29.6 Å². The van der Waals surface area contributed by atoms with Crippen LogP contribution in [0, 0.1) is 6.92 Å². The Hall–Kier alpha value is -1.75. The molecule has 0 radical (unpaired) electrons. The third-order valence-electron chi connectivity index (χ3n) is 3.14. The molecular formula is C15H23N5. The fourth-order valence-corrected chi connectivity index (χ4v) is 1.97. The zero-order valence-electron chi connectivity index (χ0n) is 12.9. The molecule has 0 aromatic carbocycles. The summed E-state index contributed by atoms with van der Waals surface area (Å²) in [7, 11) is 0. The molecular weight excluding hydrogens is 250 g/mol. The summed E-state index contributed by atoms with van der Waals surface area (Å²) in [6.07, 6.45) is 5.64. The van der Waals surface area contributed by atoms with Gasteiger partial charge in [-0.15, -0.1) is 0 Å². The molecule has 0 aliphatic heterocycles. The quantitative estimate of drug-likeness (QED) is 0.909. The van der Waals surface area contributed by atoms with Crippen LogP contribution < -0.4 is 5.32 Å². The van der Waals surface area contributed by atoms with Crippen LogP contribution in [0.2, 0.25) is 0 Å². The number of nitrogens with one attached hydrogen (secondary N) is 1. The van der Waals surface area contributed by atoms with E-state index in [4.69, 9.17) is 4.98 Å². The molecule has 0 bridgehead atoms. The first-order valence-corrected chi connectivity index (χ1v) is 7.08. The first-order chi connectivity index (χ1) is 9.49. The lowest BCUT2D eigenvalue weighted by atomic mass is 10.2. The Morgan fingerprint density at radius 2 is 1.95 bits per heavy atom. The van der Waals surface area contributed by atoms with Crippen molar-refractivity contribution in [3.05, 3.63) is 35.9 Å². The Kier molecular flexibility index (Phi) is 4.49. The monoisotopic (exact) mass is 273 g/mol. The van der Waals surface area contributed by atoms with Gasteiger partial charge in [0.05, 0.1) is 17.6 Å². The highest BCUT2D eigenvalue weighted by molar-refractivity contribution is 5.36. The second-order valence-corrected chi connectivity index (χ2v) is 5.59. The SMILES string of the molecule is Cc1nccn1-c1cnc(C(C)C)nc1CNC(C)C. The van der Waals surface area contributed by atoms with Crippen LogP contribution in [0.5, 0.6) is 0 Å². The Bertz CT molecular complexity index is 571. The van der Waals surface area contributed by atoms with Gasteiger partial charge in [0.25, 0.3) is 0 Å². The van der Waals surface area contributed by atoms with Crippen LogP contribution in [0.25, 0.3) is 5.69 Å². The lowest BCUT2D eigenvalue weighted by Gasteiger charge is -2.15. The van der Waals surface area contributed by atoms with Crippen LogP contribution in [0.3, 0.4) is 0 Å². The van der Waals surface area contributed by atoms with Gasteiger partial charge < -0.3 is 9.88 Å². The number of nitrogens with zero attached hydrogens (tertiary/aromatic N) is 4. The van der Waals surface area contributed by atoms with Crippen molar-refractivity contribution >= 4 is 0 Å². The first-order valence-electron chi connectivity index (χ1n) is 7.08. The largest absolute Gasteiger partial charge is 0.309 e. The maximum absolute atomic E-state index is 4.72. The molecule has 0 aliphatic rings. The smallest absolute Gasteiger partial charge is 0.131 e. The van der Waals surface area contributed by atoms with Gasteiger partial charge in [0.15, 0.2) is 0 Å². The van der Waals surface area contributed by atoms with Crippen molar-refractivity contribution in [3.63, 3.8) is 0 Å². The van der Waals surface area contributed by atoms with Crippen LogP contribution in [0.4, 0.5) is 0 Å². The van der Waals surface area contributed by atoms with Crippen molar-refractivity contribution in [2.24, 2.45) is 0 Å². The van der Waals surface area contributed by atoms with Crippen LogP contribution in [-0.4, -0.2) is 25.6 Å². The van der Waals surface area contributed by atoms with Crippen molar-refractivity contribution in [1.29, 1.82) is 0 Å². The highest BCUT2D eigenvalue weighted by Crippen LogP contribution is 2.17. The Labute approximate surface area is 120 Å². The fraction of sp³-hybridized carbons (Fsp3) is 0.533. The van der Waals surface area contributed by atoms with E-state index in [2.05, 4.69) is 43.0 Å². The van der Waals surface area contributed by atoms with Gasteiger partial charge in [0.1, 0.15) is 11.6 Å². The predicted molar refractivity (Wildman–Crippen MR) is 80.0 cm³/mol. The lowest BCUT2D eigenvalue weighted by molar-refractivity contribution is 0.574. The van der Waals surface area contributed by atoms with E-state index in [0.29, 0.717) is 12.0 Å². The maximum Gasteiger partial charge on any atom is 0.131 e. The maximum atomic E-state index is 4.72. The average molecular weight is 273 g/mol. The number of imidazole rings is 1. The molecule has 2 heterocycles. The third-order valence-corrected chi connectivity index (χ3v) is 3.14. The van der Waals surface area contributed by atoms with Crippen molar-refractivity contribution in [2.75, 3.05) is 0 Å². The minimum absolute atomic E-state index is 0.325. The van der Waals surface area contributed by atoms with E-state index in [1.54, 1.807) is 6.20 Å². The molecule has 5 nitrogen and oxygen atoms in total. The predicted octanol–water partition coefficient (Wildman–Crippen LogP) is 2.59. The van der Waals surface area contributed by atoms with E-state index in [-0.39, 0.29) is 0 Å². The summed E-state index contributed by atoms with van der Waals surface area (Å²) >= 11 is 0. The van der Waals surface area contributed by atoms with E-state index < -0.39 is 0 Å². The number of hydrogen-bond acceptors (Lipinski definition) is 4. The van der Waals surface area contributed by atoms with Crippen LogP contribution in [0.15, 0.2) is 18.6 Å². The summed E-state index contributed by atoms with van der Waals surface area (Å²) in [5.74, 6) is 2.15. The van der Waals surface area contributed by atoms with Gasteiger partial charge in [-0.3, -0.25) is 0 Å². The van der Waals surface area contributed by atoms with Gasteiger partial charge in [-0.1, -0.05) is 27.7 Å². The van der Waals surface area contributed by atoms with Crippen molar-refractivity contribution in [1.82, 2.24) is 24.8 Å². The van der Waals surface area contributed by atoms with Gasteiger partial charge >= 0.3 is 0 Å². The molecule has 0 spiro atoms. The molecule has 0 amide bonds. The standard InChI is InChI=1S/C15H23N5/c1-10(2)15-18-9-14(20-7-6-16-12(20)5)13(19-15)8-17-11(3)4/h6-7,9-11,17H,8H2,1-5H3. The minimum atomic E-state index is 0.325. The van der Waals surface area contributed by atoms with Crippen LogP contribution in [0.1, 0.15) is 51.0 Å². The molecule has 0 aliphatic carbocycles. The van der Waals surface area contributed by atoms with Crippen molar-refractivity contribution in [2.45, 2.75) is 53.1 Å². The molecule has 20 heavy (non-hydrogen) atoms. The molecule has 0 saturated heterocycles. The van der Waals surface area contributed by atoms with Gasteiger partial charge in [-0.05, 0) is 6.92 Å². The summed E-state index contributed by atoms with van der Waals surface area (Å²) in [6.45, 7) is 11.2. The fourth-order valence-electron chi connectivity index (χ4n) is 1.97. The average Bonchev–Trinajstić information content (AvgIpc) is 2.82. The van der Waals surface area contributed by atoms with Gasteiger partial charge in [-0.2, -0.15) is 0 Å². The Morgan fingerprint density at radius 1 is 1.20 bits per heavy atom. The molecule has 108 valence electrons. The summed E-state index contributed by atoms with van der Waals surface area (Å²) in [5, 5.41) is 3.43. The highest BCUT2D eigenvalue weighted by Gasteiger charge is 2.12. The molecule has 0 unspecified atom stereocenters. The zero-order chi connectivity index (χ0) is 14.7. The van der Waals surface area contributed by atoms with E-state index in [1.807, 2.05) is 23.9 Å². The van der Waals surface area contributed by atoms with Gasteiger partial charge in [0.2, 0.25) is 0 Å². The molecule has 0 saturated carbocycles. The number of aromatic nitrogens is 4. The van der Waals surface area contributed by atoms with E-state index in [9.17, 15) is 0 Å². The molecule has 0 atom stereocenters. The normalized spacial score (nSPS) is 11.6. The number of hydrogen-bond donors (Lipinski definition) is 1. The van der Waals surface area contributed by atoms with Gasteiger partial charge in [0, 0.05) is 30.9 Å². The number of rotatable bonds is 5. The summed E-state index contributed by atoms with van der Waals surface area (Å²) in [4.78, 5) is 13.5. The number of aryl methyl sites for hydroxylation is 1. The van der Waals surface area contributed by atoms with E-state index >= 15 is 0 Å². The van der Waals surface area contributed by atoms with Crippen molar-refractivity contribution in [3.8, 4) is 5.69 Å². The highest BCUT2D eigenvalue weighted by atomic mass is 15.1. The Morgan fingerprint density at radius 3 is 2.50 bits per heavy atom. The molecule has 2 aromatic rings. The third kappa shape index (κ3) is 3.22. The molecule has 2 rings (SSSR count). The lowest BCUT2D eigenvalue weighted by Crippen LogP contribution is -2.24. The molecule has 5 heteroatoms. The van der Waals surface area contributed by atoms with Gasteiger partial charge in [-0.25, -0.2) is 15.0 Å². The summed E-state index contributed by atoms with van der Waals surface area (Å²) in [6, 6.07) is 0.421. The Balaban J connectivity index is 2.42. The second-order valence-electron chi connectivity index (χ2n) is 5.59. The minimum Gasteiger partial charge on any atom is -0.309 e. The molecule has 2 aromatic heterocycles. The van der Waals surface area contributed by atoms with E-state index in [1.165, 1.54) is 0 Å². The topological polar surface area (TPSA) is 55.6 Å². The summed E-state index contributed by atoms with van der Waals surface area (Å²) in [5.41, 5.74) is 2.01. The molecule has 1 N–H and O–H groups in total. The van der Waals surface area contributed by atoms with Crippen LogP contribution in [-0.2, 0) is 6.54 Å². The zero-order valence-corrected chi connectivity index (χ0v) is 12.9. The first kappa shape index (κ1) is 14.7. The summed E-state index contributed by atoms with van der Waals surface area (Å²) < 4.78 is 2.03. The second kappa shape index (κ2) is 6.13. The molecule has 0 fully saturated rings. The van der Waals surface area contributed by atoms with Crippen molar-refractivity contribution < 1.29 is 0 Å². The van der Waals surface area contributed by atoms with Crippen LogP contribution >= 0.6 is 0 Å².